The van der Waals surface area contributed by atoms with Crippen LogP contribution in [0.3, 0.4) is 0 Å². The van der Waals surface area contributed by atoms with E-state index in [0.29, 0.717) is 6.42 Å². The molecule has 2 aromatic carbocycles. The van der Waals surface area contributed by atoms with Crippen LogP contribution in [0, 0.1) is 0 Å². The maximum Gasteiger partial charge on any atom is 0.199 e. The minimum Gasteiger partial charge on any atom is -0.291 e. The summed E-state index contributed by atoms with van der Waals surface area (Å²) in [5.74, 6) is 0.220. The van der Waals surface area contributed by atoms with Crippen LogP contribution in [-0.2, 0) is 4.79 Å². The highest BCUT2D eigenvalue weighted by Gasteiger charge is 2.17. The van der Waals surface area contributed by atoms with Crippen molar-refractivity contribution in [2.45, 2.75) is 12.3 Å². The summed E-state index contributed by atoms with van der Waals surface area (Å²) < 4.78 is 0. The molecule has 1 radical (unpaired) electrons. The van der Waals surface area contributed by atoms with Gasteiger partial charge in [-0.05, 0) is 34.0 Å². The van der Waals surface area contributed by atoms with Gasteiger partial charge in [0.15, 0.2) is 6.29 Å². The van der Waals surface area contributed by atoms with Crippen molar-refractivity contribution in [1.82, 2.24) is 0 Å². The van der Waals surface area contributed by atoms with E-state index in [0.717, 1.165) is 0 Å². The van der Waals surface area contributed by atoms with Crippen LogP contribution in [0.25, 0.3) is 16.8 Å². The number of hydrogen-bond donors (Lipinski definition) is 0. The Morgan fingerprint density at radius 2 is 1.88 bits per heavy atom. The van der Waals surface area contributed by atoms with Gasteiger partial charge in [-0.1, -0.05) is 36.4 Å². The summed E-state index contributed by atoms with van der Waals surface area (Å²) in [5.41, 5.74) is 2.49. The number of allylic oxidation sites excluding steroid dienone is 1. The highest BCUT2D eigenvalue weighted by molar-refractivity contribution is 5.87. The summed E-state index contributed by atoms with van der Waals surface area (Å²) in [4.78, 5) is 10.5. The zero-order chi connectivity index (χ0) is 11.0. The van der Waals surface area contributed by atoms with Crippen LogP contribution in [0.2, 0.25) is 0 Å². The van der Waals surface area contributed by atoms with Crippen molar-refractivity contribution in [2.24, 2.45) is 0 Å². The van der Waals surface area contributed by atoms with Crippen molar-refractivity contribution in [3.8, 4) is 0 Å². The minimum absolute atomic E-state index is 0.220. The molecule has 16 heavy (non-hydrogen) atoms. The first-order valence-electron chi connectivity index (χ1n) is 5.44. The Balaban J connectivity index is 2.18. The van der Waals surface area contributed by atoms with Crippen LogP contribution in [0.15, 0.2) is 42.5 Å². The molecule has 0 heterocycles. The lowest BCUT2D eigenvalue weighted by molar-refractivity contribution is 0.548. The minimum atomic E-state index is 0.220. The fraction of sp³-hybridized carbons (Fsp3) is 0.133. The van der Waals surface area contributed by atoms with Crippen molar-refractivity contribution in [3.05, 3.63) is 53.6 Å². The maximum absolute atomic E-state index is 10.5. The molecule has 0 spiro atoms. The largest absolute Gasteiger partial charge is 0.291 e. The van der Waals surface area contributed by atoms with Gasteiger partial charge in [-0.3, -0.25) is 4.79 Å². The van der Waals surface area contributed by atoms with Gasteiger partial charge in [0, 0.05) is 12.3 Å². The second-order valence-electron chi connectivity index (χ2n) is 4.14. The Hall–Kier alpha value is -1.89. The number of hydrogen-bond acceptors (Lipinski definition) is 1. The van der Waals surface area contributed by atoms with Gasteiger partial charge in [-0.15, -0.1) is 0 Å². The van der Waals surface area contributed by atoms with Gasteiger partial charge in [0.1, 0.15) is 0 Å². The maximum atomic E-state index is 10.5. The lowest BCUT2D eigenvalue weighted by Crippen LogP contribution is -1.94. The first-order chi connectivity index (χ1) is 7.88. The van der Waals surface area contributed by atoms with E-state index in [1.165, 1.54) is 21.9 Å². The van der Waals surface area contributed by atoms with E-state index in [4.69, 9.17) is 0 Å². The first-order valence-corrected chi connectivity index (χ1v) is 5.44. The Kier molecular flexibility index (Phi) is 2.10. The third-order valence-corrected chi connectivity index (χ3v) is 3.16. The molecule has 1 aliphatic rings. The van der Waals surface area contributed by atoms with Gasteiger partial charge >= 0.3 is 0 Å². The third kappa shape index (κ3) is 1.36. The number of carbonyl (C=O) groups excluding carboxylic acids is 1. The lowest BCUT2D eigenvalue weighted by atomic mass is 9.95. The second kappa shape index (κ2) is 3.60. The van der Waals surface area contributed by atoms with E-state index >= 15 is 0 Å². The zero-order valence-corrected chi connectivity index (χ0v) is 8.81. The monoisotopic (exact) mass is 207 g/mol. The molecule has 1 nitrogen and oxygen atoms in total. The normalized spacial score (nSPS) is 17.6. The topological polar surface area (TPSA) is 17.1 Å². The summed E-state index contributed by atoms with van der Waals surface area (Å²) in [6, 6.07) is 12.7. The molecule has 1 unspecified atom stereocenters. The van der Waals surface area contributed by atoms with Crippen LogP contribution in [0.4, 0.5) is 0 Å². The molecular weight excluding hydrogens is 196 g/mol. The summed E-state index contributed by atoms with van der Waals surface area (Å²) in [7, 11) is 0. The number of fused-ring (bicyclic) bond motifs is 2. The van der Waals surface area contributed by atoms with Crippen LogP contribution in [-0.4, -0.2) is 6.29 Å². The molecule has 0 fully saturated rings. The van der Waals surface area contributed by atoms with Gasteiger partial charge in [-0.2, -0.15) is 0 Å². The highest BCUT2D eigenvalue weighted by atomic mass is 16.1. The number of rotatable bonds is 2. The molecule has 0 N–H and O–H groups in total. The molecule has 0 bridgehead atoms. The van der Waals surface area contributed by atoms with E-state index in [1.807, 2.05) is 18.4 Å². The van der Waals surface area contributed by atoms with Crippen molar-refractivity contribution >= 4 is 23.1 Å². The quantitative estimate of drug-likeness (QED) is 0.737. The summed E-state index contributed by atoms with van der Waals surface area (Å²) in [6.07, 6.45) is 6.65. The fourth-order valence-electron chi connectivity index (χ4n) is 2.33. The van der Waals surface area contributed by atoms with E-state index in [9.17, 15) is 4.79 Å². The highest BCUT2D eigenvalue weighted by Crippen LogP contribution is 2.34. The Morgan fingerprint density at radius 3 is 2.62 bits per heavy atom. The predicted octanol–water partition coefficient (Wildman–Crippen LogP) is 3.45. The second-order valence-corrected chi connectivity index (χ2v) is 4.14. The molecule has 0 aromatic heterocycles. The van der Waals surface area contributed by atoms with Crippen LogP contribution < -0.4 is 0 Å². The Labute approximate surface area is 94.4 Å². The third-order valence-electron chi connectivity index (χ3n) is 3.16. The molecule has 1 heteroatoms. The molecule has 3 rings (SSSR count). The molecule has 1 aliphatic carbocycles. The van der Waals surface area contributed by atoms with Crippen molar-refractivity contribution in [3.63, 3.8) is 0 Å². The standard InChI is InChI=1S/C15H11O/c16-8-7-11-5-6-14-9-12-3-1-2-4-13(12)10-15(11)14/h1-6,9-11H,7H2. The Morgan fingerprint density at radius 1 is 1.12 bits per heavy atom. The molecular formula is C15H11O. The summed E-state index contributed by atoms with van der Waals surface area (Å²) >= 11 is 0. The van der Waals surface area contributed by atoms with Crippen molar-refractivity contribution < 1.29 is 4.79 Å². The molecule has 0 saturated heterocycles. The van der Waals surface area contributed by atoms with Gasteiger partial charge in [0.25, 0.3) is 0 Å². The molecule has 77 valence electrons. The molecule has 1 atom stereocenters. The summed E-state index contributed by atoms with van der Waals surface area (Å²) in [5, 5.41) is 2.49. The van der Waals surface area contributed by atoms with E-state index in [1.54, 1.807) is 0 Å². The van der Waals surface area contributed by atoms with Gasteiger partial charge < -0.3 is 0 Å². The van der Waals surface area contributed by atoms with Crippen LogP contribution in [0.5, 0.6) is 0 Å². The average Bonchev–Trinajstić information content (AvgIpc) is 2.70. The Bertz CT molecular complexity index is 581. The molecule has 0 aliphatic heterocycles. The average molecular weight is 207 g/mol. The van der Waals surface area contributed by atoms with E-state index in [-0.39, 0.29) is 5.92 Å². The first kappa shape index (κ1) is 9.34. The predicted molar refractivity (Wildman–Crippen MR) is 66.0 cm³/mol. The van der Waals surface area contributed by atoms with Crippen molar-refractivity contribution in [2.75, 3.05) is 0 Å². The van der Waals surface area contributed by atoms with Gasteiger partial charge in [0.2, 0.25) is 0 Å². The molecule has 0 amide bonds. The summed E-state index contributed by atoms with van der Waals surface area (Å²) in [6.45, 7) is 0. The van der Waals surface area contributed by atoms with E-state index < -0.39 is 0 Å². The molecule has 0 saturated carbocycles. The van der Waals surface area contributed by atoms with Gasteiger partial charge in [-0.25, -0.2) is 0 Å². The van der Waals surface area contributed by atoms with Crippen LogP contribution >= 0.6 is 0 Å². The molecule has 2 aromatic rings. The van der Waals surface area contributed by atoms with Crippen molar-refractivity contribution in [1.29, 1.82) is 0 Å². The van der Waals surface area contributed by atoms with Crippen LogP contribution in [0.1, 0.15) is 23.5 Å². The number of benzene rings is 2. The van der Waals surface area contributed by atoms with Gasteiger partial charge in [0.05, 0.1) is 0 Å². The lowest BCUT2D eigenvalue weighted by Gasteiger charge is -2.08. The SMILES string of the molecule is O=[C]CC1C=Cc2cc3ccccc3cc21. The zero-order valence-electron chi connectivity index (χ0n) is 8.81. The van der Waals surface area contributed by atoms with E-state index in [2.05, 4.69) is 36.4 Å². The smallest absolute Gasteiger partial charge is 0.199 e. The fourth-order valence-corrected chi connectivity index (χ4v) is 2.33.